The third-order valence-corrected chi connectivity index (χ3v) is 6.53. The van der Waals surface area contributed by atoms with Gasteiger partial charge in [0.2, 0.25) is 5.91 Å². The number of rotatable bonds is 6. The summed E-state index contributed by atoms with van der Waals surface area (Å²) in [6, 6.07) is 8.25. The van der Waals surface area contributed by atoms with Crippen LogP contribution in [0.3, 0.4) is 0 Å². The Labute approximate surface area is 215 Å². The number of likely N-dealkylation sites (N-methyl/N-ethyl adjacent to an activating group) is 1. The molecule has 0 radical (unpaired) electrons. The fourth-order valence-corrected chi connectivity index (χ4v) is 4.48. The molecule has 0 aromatic heterocycles. The lowest BCUT2D eigenvalue weighted by molar-refractivity contribution is -0.133. The quantitative estimate of drug-likeness (QED) is 0.321. The number of guanidine groups is 1. The average Bonchev–Trinajstić information content (AvgIpc) is 2.79. The highest BCUT2D eigenvalue weighted by Crippen LogP contribution is 2.20. The standard InChI is InChI=1S/C23H37ClN6O.HI/c1-25-23(26-17-21(27(2)3)19-7-9-20(24)10-8-19)30-15-13-28(14-16-30)18-22(31)29-11-5-4-6-12-29;/h7-10,21H,4-6,11-18H2,1-3H3,(H,25,26);1H. The maximum atomic E-state index is 12.6. The Kier molecular flexibility index (Phi) is 11.5. The summed E-state index contributed by atoms with van der Waals surface area (Å²) in [6.45, 7) is 6.67. The maximum Gasteiger partial charge on any atom is 0.236 e. The summed E-state index contributed by atoms with van der Waals surface area (Å²) in [5.74, 6) is 1.20. The Bertz CT molecular complexity index is 731. The van der Waals surface area contributed by atoms with Crippen LogP contribution in [0, 0.1) is 0 Å². The number of carbonyl (C=O) groups is 1. The van der Waals surface area contributed by atoms with Crippen molar-refractivity contribution >= 4 is 47.4 Å². The Hall–Kier alpha value is -1.10. The number of hydrogen-bond donors (Lipinski definition) is 1. The molecule has 0 bridgehead atoms. The first kappa shape index (κ1) is 27.1. The third kappa shape index (κ3) is 7.74. The van der Waals surface area contributed by atoms with Gasteiger partial charge < -0.3 is 20.0 Å². The van der Waals surface area contributed by atoms with Crippen LogP contribution in [0.25, 0.3) is 0 Å². The smallest absolute Gasteiger partial charge is 0.236 e. The van der Waals surface area contributed by atoms with Crippen LogP contribution >= 0.6 is 35.6 Å². The van der Waals surface area contributed by atoms with Crippen LogP contribution in [0.4, 0.5) is 0 Å². The number of halogens is 2. The van der Waals surface area contributed by atoms with Crippen molar-refractivity contribution in [2.75, 3.05) is 73.5 Å². The van der Waals surface area contributed by atoms with Crippen LogP contribution in [-0.2, 0) is 4.79 Å². The van der Waals surface area contributed by atoms with E-state index in [2.05, 4.69) is 51.2 Å². The number of piperidine rings is 1. The zero-order valence-electron chi connectivity index (χ0n) is 19.6. The highest BCUT2D eigenvalue weighted by molar-refractivity contribution is 14.0. The number of amides is 1. The number of aliphatic imine (C=N–C) groups is 1. The normalized spacial score (nSPS) is 19.0. The number of nitrogens with zero attached hydrogens (tertiary/aromatic N) is 5. The van der Waals surface area contributed by atoms with Gasteiger partial charge in [0.05, 0.1) is 12.6 Å². The summed E-state index contributed by atoms with van der Waals surface area (Å²) >= 11 is 6.05. The number of hydrogen-bond acceptors (Lipinski definition) is 4. The first-order valence-corrected chi connectivity index (χ1v) is 11.7. The van der Waals surface area contributed by atoms with E-state index in [0.29, 0.717) is 6.54 Å². The van der Waals surface area contributed by atoms with E-state index in [-0.39, 0.29) is 35.9 Å². The van der Waals surface area contributed by atoms with Gasteiger partial charge in [0.1, 0.15) is 0 Å². The SMILES string of the molecule is CN=C(NCC(c1ccc(Cl)cc1)N(C)C)N1CCN(CC(=O)N2CCCCC2)CC1.I. The van der Waals surface area contributed by atoms with E-state index >= 15 is 0 Å². The van der Waals surface area contributed by atoms with Crippen molar-refractivity contribution < 1.29 is 4.79 Å². The monoisotopic (exact) mass is 576 g/mol. The van der Waals surface area contributed by atoms with Crippen molar-refractivity contribution in [2.45, 2.75) is 25.3 Å². The van der Waals surface area contributed by atoms with Gasteiger partial charge in [-0.2, -0.15) is 0 Å². The molecule has 180 valence electrons. The van der Waals surface area contributed by atoms with E-state index in [0.717, 1.165) is 69.6 Å². The number of nitrogens with one attached hydrogen (secondary N) is 1. The molecular weight excluding hydrogens is 539 g/mol. The Balaban J connectivity index is 0.00000363. The van der Waals surface area contributed by atoms with Gasteiger partial charge in [0.15, 0.2) is 5.96 Å². The first-order valence-electron chi connectivity index (χ1n) is 11.4. The van der Waals surface area contributed by atoms with Crippen LogP contribution in [0.1, 0.15) is 30.9 Å². The van der Waals surface area contributed by atoms with Crippen molar-refractivity contribution in [2.24, 2.45) is 4.99 Å². The minimum absolute atomic E-state index is 0. The predicted octanol–water partition coefficient (Wildman–Crippen LogP) is 2.77. The van der Waals surface area contributed by atoms with Gasteiger partial charge in [-0.1, -0.05) is 23.7 Å². The lowest BCUT2D eigenvalue weighted by Gasteiger charge is -2.38. The molecule has 2 heterocycles. The van der Waals surface area contributed by atoms with Gasteiger partial charge >= 0.3 is 0 Å². The lowest BCUT2D eigenvalue weighted by Crippen LogP contribution is -2.55. The zero-order valence-corrected chi connectivity index (χ0v) is 22.7. The van der Waals surface area contributed by atoms with Gasteiger partial charge in [0, 0.05) is 57.9 Å². The van der Waals surface area contributed by atoms with Gasteiger partial charge in [-0.05, 0) is 51.1 Å². The second-order valence-corrected chi connectivity index (χ2v) is 9.10. The maximum absolute atomic E-state index is 12.6. The first-order chi connectivity index (χ1) is 15.0. The van der Waals surface area contributed by atoms with Crippen molar-refractivity contribution in [3.05, 3.63) is 34.9 Å². The van der Waals surface area contributed by atoms with Gasteiger partial charge in [-0.25, -0.2) is 0 Å². The average molecular weight is 577 g/mol. The molecule has 1 amide bonds. The van der Waals surface area contributed by atoms with E-state index in [1.807, 2.05) is 24.1 Å². The van der Waals surface area contributed by atoms with Crippen LogP contribution in [-0.4, -0.2) is 105 Å². The Morgan fingerprint density at radius 1 is 1.03 bits per heavy atom. The van der Waals surface area contributed by atoms with Gasteiger partial charge in [-0.15, -0.1) is 24.0 Å². The largest absolute Gasteiger partial charge is 0.354 e. The number of likely N-dealkylation sites (tertiary alicyclic amines) is 1. The van der Waals surface area contributed by atoms with Crippen molar-refractivity contribution in [3.63, 3.8) is 0 Å². The topological polar surface area (TPSA) is 54.4 Å². The molecule has 0 aliphatic carbocycles. The molecule has 2 aliphatic rings. The molecule has 2 saturated heterocycles. The minimum Gasteiger partial charge on any atom is -0.354 e. The summed E-state index contributed by atoms with van der Waals surface area (Å²) in [7, 11) is 6.01. The molecule has 1 atom stereocenters. The molecule has 0 spiro atoms. The van der Waals surface area contributed by atoms with E-state index in [4.69, 9.17) is 11.6 Å². The number of benzene rings is 1. The molecule has 1 unspecified atom stereocenters. The molecule has 2 aliphatic heterocycles. The zero-order chi connectivity index (χ0) is 22.2. The summed E-state index contributed by atoms with van der Waals surface area (Å²) in [4.78, 5) is 25.9. The summed E-state index contributed by atoms with van der Waals surface area (Å²) in [5, 5.41) is 4.30. The second kappa shape index (κ2) is 13.6. The molecule has 1 aromatic carbocycles. The molecule has 1 aromatic rings. The number of carbonyl (C=O) groups excluding carboxylic acids is 1. The minimum atomic E-state index is 0. The summed E-state index contributed by atoms with van der Waals surface area (Å²) < 4.78 is 0. The van der Waals surface area contributed by atoms with Gasteiger partial charge in [-0.3, -0.25) is 14.7 Å². The fourth-order valence-electron chi connectivity index (χ4n) is 4.36. The van der Waals surface area contributed by atoms with Crippen molar-refractivity contribution in [1.29, 1.82) is 0 Å². The van der Waals surface area contributed by atoms with E-state index in [9.17, 15) is 4.79 Å². The highest BCUT2D eigenvalue weighted by Gasteiger charge is 2.24. The predicted molar refractivity (Wildman–Crippen MR) is 143 cm³/mol. The molecule has 2 fully saturated rings. The molecule has 32 heavy (non-hydrogen) atoms. The van der Waals surface area contributed by atoms with Crippen LogP contribution in [0.15, 0.2) is 29.3 Å². The molecule has 7 nitrogen and oxygen atoms in total. The van der Waals surface area contributed by atoms with E-state index in [1.165, 1.54) is 12.0 Å². The molecule has 1 N–H and O–H groups in total. The van der Waals surface area contributed by atoms with Crippen LogP contribution in [0.2, 0.25) is 5.02 Å². The van der Waals surface area contributed by atoms with E-state index in [1.54, 1.807) is 0 Å². The van der Waals surface area contributed by atoms with Crippen molar-refractivity contribution in [3.8, 4) is 0 Å². The molecule has 9 heteroatoms. The number of piperazine rings is 1. The Morgan fingerprint density at radius 3 is 2.22 bits per heavy atom. The molecule has 3 rings (SSSR count). The fraction of sp³-hybridized carbons (Fsp3) is 0.652. The Morgan fingerprint density at radius 2 is 1.66 bits per heavy atom. The summed E-state index contributed by atoms with van der Waals surface area (Å²) in [6.07, 6.45) is 3.54. The molecular formula is C23H38ClIN6O. The van der Waals surface area contributed by atoms with Crippen molar-refractivity contribution in [1.82, 2.24) is 24.9 Å². The highest BCUT2D eigenvalue weighted by atomic mass is 127. The lowest BCUT2D eigenvalue weighted by atomic mass is 10.1. The second-order valence-electron chi connectivity index (χ2n) is 8.66. The van der Waals surface area contributed by atoms with Crippen LogP contribution < -0.4 is 5.32 Å². The van der Waals surface area contributed by atoms with E-state index < -0.39 is 0 Å². The third-order valence-electron chi connectivity index (χ3n) is 6.28. The molecule has 0 saturated carbocycles. The summed E-state index contributed by atoms with van der Waals surface area (Å²) in [5.41, 5.74) is 1.22. The van der Waals surface area contributed by atoms with Crippen LogP contribution in [0.5, 0.6) is 0 Å². The van der Waals surface area contributed by atoms with Gasteiger partial charge in [0.25, 0.3) is 0 Å².